The Balaban J connectivity index is 3.55. The Bertz CT molecular complexity index is 482. The highest BCUT2D eigenvalue weighted by molar-refractivity contribution is 9.10. The lowest BCUT2D eigenvalue weighted by Gasteiger charge is -2.08. The summed E-state index contributed by atoms with van der Waals surface area (Å²) < 4.78 is 0.843. The van der Waals surface area contributed by atoms with Crippen LogP contribution in [0, 0.1) is 21.4 Å². The molecule has 0 aliphatic carbocycles. The molecular weight excluding hydrogens is 297 g/mol. The van der Waals surface area contributed by atoms with Gasteiger partial charge in [-0.1, -0.05) is 27.8 Å². The zero-order valence-corrected chi connectivity index (χ0v) is 14.6. The van der Waals surface area contributed by atoms with Gasteiger partial charge in [0.25, 0.3) is 0 Å². The lowest BCUT2D eigenvalue weighted by atomic mass is 9.74. The monoisotopic (exact) mass is 304 g/mol. The van der Waals surface area contributed by atoms with Gasteiger partial charge in [0.2, 0.25) is 0 Å². The summed E-state index contributed by atoms with van der Waals surface area (Å²) in [4.78, 5) is 5.76. The quantitative estimate of drug-likeness (QED) is 0.466. The van der Waals surface area contributed by atoms with Crippen LogP contribution in [0.3, 0.4) is 0 Å². The van der Waals surface area contributed by atoms with Gasteiger partial charge in [-0.3, -0.25) is 0 Å². The first-order valence-electron chi connectivity index (χ1n) is 4.65. The van der Waals surface area contributed by atoms with Gasteiger partial charge in [0, 0.05) is 21.1 Å². The Morgan fingerprint density at radius 1 is 1.06 bits per heavy atom. The van der Waals surface area contributed by atoms with E-state index in [9.17, 15) is 10.0 Å². The van der Waals surface area contributed by atoms with Gasteiger partial charge in [-0.15, -0.1) is 0 Å². The summed E-state index contributed by atoms with van der Waals surface area (Å²) in [7, 11) is -1.54. The first-order valence-corrected chi connectivity index (χ1v) is 7.44. The number of hydrogen-bond donors (Lipinski definition) is 2. The fourth-order valence-electron chi connectivity index (χ4n) is 1.37. The molecule has 0 atom stereocenters. The zero-order valence-electron chi connectivity index (χ0n) is 9.00. The van der Waals surface area contributed by atoms with Crippen molar-refractivity contribution in [1.29, 1.82) is 0 Å². The largest absolute Gasteiger partial charge is 0.490 e. The van der Waals surface area contributed by atoms with Crippen LogP contribution in [0.5, 0.6) is 0 Å². The minimum Gasteiger partial charge on any atom is -0.423 e. The molecule has 0 aliphatic heterocycles. The molecule has 76 valence electrons. The van der Waals surface area contributed by atoms with Crippen molar-refractivity contribution in [3.63, 3.8) is 0 Å². The van der Waals surface area contributed by atoms with E-state index in [-0.39, 0.29) is 0 Å². The summed E-state index contributed by atoms with van der Waals surface area (Å²) in [5, 5.41) is 18.7. The molecule has 0 saturated heterocycles. The summed E-state index contributed by atoms with van der Waals surface area (Å²) in [6, 6.07) is 3.55. The summed E-state index contributed by atoms with van der Waals surface area (Å²) in [6.45, 7) is 0. The molecule has 0 unspecified atom stereocenters. The van der Waals surface area contributed by atoms with Crippen LogP contribution in [0.1, 0.15) is 11.1 Å². The lowest BCUT2D eigenvalue weighted by Crippen LogP contribution is -2.35. The van der Waals surface area contributed by atoms with Crippen LogP contribution in [-0.2, 0) is 0 Å². The van der Waals surface area contributed by atoms with Crippen LogP contribution in [0.25, 0.3) is 0 Å². The maximum Gasteiger partial charge on any atom is 0.490 e. The fraction of sp³-hybridized carbons (Fsp3) is 0. The van der Waals surface area contributed by atoms with Crippen molar-refractivity contribution in [3.8, 4) is 21.4 Å². The van der Waals surface area contributed by atoms with Gasteiger partial charge in [-0.2, -0.15) is 0 Å². The third-order valence-corrected chi connectivity index (χ3v) is 2.88. The van der Waals surface area contributed by atoms with Crippen molar-refractivity contribution in [2.45, 2.75) is 0 Å². The highest BCUT2D eigenvalue weighted by Gasteiger charge is 2.19. The SMILES string of the molecule is OB(O)c1c(C#[C][AlH2])cc(Br)cc1C#[C][AlH2]. The van der Waals surface area contributed by atoms with Gasteiger partial charge in [-0.25, -0.2) is 9.56 Å². The lowest BCUT2D eigenvalue weighted by molar-refractivity contribution is 0.425. The van der Waals surface area contributed by atoms with Crippen molar-refractivity contribution < 1.29 is 10.0 Å². The molecule has 0 amide bonds. The van der Waals surface area contributed by atoms with Crippen molar-refractivity contribution in [2.75, 3.05) is 0 Å². The van der Waals surface area contributed by atoms with Gasteiger partial charge >= 0.3 is 39.7 Å². The van der Waals surface area contributed by atoms with Crippen molar-refractivity contribution in [2.24, 2.45) is 0 Å². The number of rotatable bonds is 1. The molecule has 2 N–H and O–H groups in total. The molecule has 2 nitrogen and oxygen atoms in total. The Hall–Kier alpha value is -0.130. The smallest absolute Gasteiger partial charge is 0.423 e. The molecular formula is C10H8Al2BBrO2. The predicted molar refractivity (Wildman–Crippen MR) is 74.8 cm³/mol. The minimum atomic E-state index is -1.54. The molecule has 0 fully saturated rings. The Kier molecular flexibility index (Phi) is 5.72. The Morgan fingerprint density at radius 3 is 1.81 bits per heavy atom. The summed E-state index contributed by atoms with van der Waals surface area (Å²) >= 11 is 4.85. The average Bonchev–Trinajstić information content (AvgIpc) is 2.17. The number of halogens is 1. The van der Waals surface area contributed by atoms with E-state index in [0.29, 0.717) is 16.6 Å². The third-order valence-electron chi connectivity index (χ3n) is 1.92. The van der Waals surface area contributed by atoms with E-state index in [4.69, 9.17) is 0 Å². The predicted octanol–water partition coefficient (Wildman–Crippen LogP) is -1.99. The summed E-state index contributed by atoms with van der Waals surface area (Å²) in [5.74, 6) is 5.80. The second kappa shape index (κ2) is 6.57. The maximum atomic E-state index is 9.36. The topological polar surface area (TPSA) is 40.5 Å². The second-order valence-electron chi connectivity index (χ2n) is 3.04. The van der Waals surface area contributed by atoms with Gasteiger partial charge < -0.3 is 10.0 Å². The molecule has 1 rings (SSSR count). The molecule has 6 heteroatoms. The number of hydrogen-bond acceptors (Lipinski definition) is 2. The third kappa shape index (κ3) is 3.43. The van der Waals surface area contributed by atoms with Gasteiger partial charge in [0.05, 0.1) is 0 Å². The van der Waals surface area contributed by atoms with Crippen LogP contribution in [0.15, 0.2) is 16.6 Å². The minimum absolute atomic E-state index is 0.398. The number of benzene rings is 1. The standard InChI is InChI=1S/C10H4BBrO2.2Al.4H/c1-3-7-5-9(12)6-8(4-2)10(7)11(13)14;;;;;;/h5-6,13-14H;;;;;;. The van der Waals surface area contributed by atoms with Crippen molar-refractivity contribution in [1.82, 2.24) is 0 Å². The molecule has 1 aromatic rings. The molecule has 0 aromatic heterocycles. The average molecular weight is 305 g/mol. The van der Waals surface area contributed by atoms with Crippen LogP contribution in [0.2, 0.25) is 0 Å². The molecule has 0 radical (unpaired) electrons. The first kappa shape index (κ1) is 13.9. The highest BCUT2D eigenvalue weighted by Crippen LogP contribution is 2.13. The molecule has 0 saturated carbocycles. The van der Waals surface area contributed by atoms with Gasteiger partial charge in [0.15, 0.2) is 0 Å². The van der Waals surface area contributed by atoms with Crippen molar-refractivity contribution in [3.05, 3.63) is 27.7 Å². The molecule has 0 heterocycles. The normalized spacial score (nSPS) is 8.44. The molecule has 0 bridgehead atoms. The van der Waals surface area contributed by atoms with E-state index in [0.717, 1.165) is 37.1 Å². The van der Waals surface area contributed by atoms with Crippen LogP contribution in [-0.4, -0.2) is 49.7 Å². The highest BCUT2D eigenvalue weighted by atomic mass is 79.9. The molecule has 0 aliphatic rings. The molecule has 16 heavy (non-hydrogen) atoms. The second-order valence-corrected chi connectivity index (χ2v) is 4.95. The van der Waals surface area contributed by atoms with E-state index < -0.39 is 7.12 Å². The zero-order chi connectivity index (χ0) is 12.1. The molecule has 1 aromatic carbocycles. The van der Waals surface area contributed by atoms with Crippen LogP contribution in [0.4, 0.5) is 0 Å². The van der Waals surface area contributed by atoms with E-state index in [2.05, 4.69) is 37.3 Å². The molecule has 0 spiro atoms. The van der Waals surface area contributed by atoms with Gasteiger partial charge in [-0.05, 0) is 12.1 Å². The van der Waals surface area contributed by atoms with E-state index in [1.54, 1.807) is 12.1 Å². The van der Waals surface area contributed by atoms with Crippen LogP contribution < -0.4 is 5.46 Å². The van der Waals surface area contributed by atoms with E-state index >= 15 is 0 Å². The summed E-state index contributed by atoms with van der Waals surface area (Å²) in [6.07, 6.45) is 0. The Labute approximate surface area is 120 Å². The van der Waals surface area contributed by atoms with Crippen molar-refractivity contribution >= 4 is 61.1 Å². The maximum absolute atomic E-state index is 9.36. The van der Waals surface area contributed by atoms with Crippen LogP contribution >= 0.6 is 15.9 Å². The van der Waals surface area contributed by atoms with Gasteiger partial charge in [0.1, 0.15) is 0 Å². The fourth-order valence-corrected chi connectivity index (χ4v) is 2.37. The summed E-state index contributed by atoms with van der Waals surface area (Å²) in [5.41, 5.74) is 1.65. The van der Waals surface area contributed by atoms with E-state index in [1.807, 2.05) is 0 Å². The van der Waals surface area contributed by atoms with E-state index in [1.165, 1.54) is 0 Å². The Morgan fingerprint density at radius 2 is 1.50 bits per heavy atom. The first-order chi connectivity index (χ1) is 7.60.